The lowest BCUT2D eigenvalue weighted by Crippen LogP contribution is -2.12. The van der Waals surface area contributed by atoms with Gasteiger partial charge in [-0.3, -0.25) is 0 Å². The Morgan fingerprint density at radius 3 is 1.73 bits per heavy atom. The summed E-state index contributed by atoms with van der Waals surface area (Å²) in [5, 5.41) is 0. The van der Waals surface area contributed by atoms with Gasteiger partial charge in [-0.2, -0.15) is 0 Å². The molecule has 0 saturated heterocycles. The summed E-state index contributed by atoms with van der Waals surface area (Å²) >= 11 is 0. The first-order chi connectivity index (χ1) is 14.2. The van der Waals surface area contributed by atoms with E-state index in [0.717, 1.165) is 12.1 Å². The number of benzene rings is 3. The van der Waals surface area contributed by atoms with Crippen LogP contribution in [0.4, 0.5) is 0 Å². The number of ether oxygens (including phenoxy) is 1. The molecule has 0 aliphatic heterocycles. The molecule has 3 aromatic carbocycles. The van der Waals surface area contributed by atoms with Crippen LogP contribution in [0, 0.1) is 6.92 Å². The topological polar surface area (TPSA) is 94.6 Å². The Labute approximate surface area is 175 Å². The zero-order chi connectivity index (χ0) is 21.9. The van der Waals surface area contributed by atoms with Crippen LogP contribution in [0.25, 0.3) is 0 Å². The van der Waals surface area contributed by atoms with Crippen LogP contribution in [0.5, 0.6) is 5.75 Å². The van der Waals surface area contributed by atoms with E-state index in [0.29, 0.717) is 0 Å². The molecule has 0 aliphatic rings. The van der Waals surface area contributed by atoms with Gasteiger partial charge in [0.2, 0.25) is 19.7 Å². The van der Waals surface area contributed by atoms with E-state index in [-0.39, 0.29) is 26.0 Å². The van der Waals surface area contributed by atoms with E-state index in [2.05, 4.69) is 6.58 Å². The van der Waals surface area contributed by atoms with Crippen LogP contribution in [0.3, 0.4) is 0 Å². The maximum atomic E-state index is 13.2. The number of rotatable bonds is 6. The molecule has 0 atom stereocenters. The van der Waals surface area contributed by atoms with Gasteiger partial charge in [0.25, 0.3) is 0 Å². The van der Waals surface area contributed by atoms with E-state index in [1.807, 2.05) is 0 Å². The third-order valence-corrected chi connectivity index (χ3v) is 8.01. The van der Waals surface area contributed by atoms with Crippen LogP contribution in [0.2, 0.25) is 0 Å². The summed E-state index contributed by atoms with van der Waals surface area (Å²) in [7, 11) is -8.19. The molecule has 0 unspecified atom stereocenters. The first kappa shape index (κ1) is 21.5. The minimum absolute atomic E-state index is 0.0204. The lowest BCUT2D eigenvalue weighted by atomic mass is 10.2. The van der Waals surface area contributed by atoms with Crippen molar-refractivity contribution in [3.05, 3.63) is 91.0 Å². The van der Waals surface area contributed by atoms with Crippen LogP contribution >= 0.6 is 0 Å². The van der Waals surface area contributed by atoms with Gasteiger partial charge in [-0.15, -0.1) is 0 Å². The van der Waals surface area contributed by atoms with Crippen molar-refractivity contribution in [1.29, 1.82) is 0 Å². The molecular formula is C22H18O6S2. The monoisotopic (exact) mass is 442 g/mol. The lowest BCUT2D eigenvalue weighted by molar-refractivity contribution is -0.129. The second-order valence-electron chi connectivity index (χ2n) is 6.32. The van der Waals surface area contributed by atoms with E-state index >= 15 is 0 Å². The maximum absolute atomic E-state index is 13.2. The molecule has 6 nitrogen and oxygen atoms in total. The zero-order valence-corrected chi connectivity index (χ0v) is 17.6. The molecule has 0 saturated carbocycles. The third kappa shape index (κ3) is 4.05. The van der Waals surface area contributed by atoms with Crippen molar-refractivity contribution in [3.63, 3.8) is 0 Å². The summed E-state index contributed by atoms with van der Waals surface area (Å²) in [4.78, 5) is 11.1. The number of hydrogen-bond acceptors (Lipinski definition) is 6. The fourth-order valence-corrected chi connectivity index (χ4v) is 5.83. The summed E-state index contributed by atoms with van der Waals surface area (Å²) in [5.74, 6) is -1.13. The predicted octanol–water partition coefficient (Wildman–Crippen LogP) is 3.75. The van der Waals surface area contributed by atoms with Crippen LogP contribution in [-0.2, 0) is 24.5 Å². The molecule has 0 aliphatic carbocycles. The first-order valence-corrected chi connectivity index (χ1v) is 11.7. The molecule has 0 fully saturated rings. The number of sulfone groups is 2. The SMILES string of the molecule is C=CC(=O)Oc1cc(C)c(S(=O)(=O)c2ccccc2)cc1S(=O)(=O)c1ccccc1. The van der Waals surface area contributed by atoms with Crippen molar-refractivity contribution in [2.24, 2.45) is 0 Å². The van der Waals surface area contributed by atoms with Crippen molar-refractivity contribution in [1.82, 2.24) is 0 Å². The van der Waals surface area contributed by atoms with Crippen molar-refractivity contribution in [2.75, 3.05) is 0 Å². The Morgan fingerprint density at radius 2 is 1.27 bits per heavy atom. The standard InChI is InChI=1S/C22H18O6S2/c1-3-22(23)28-19-14-16(2)20(29(24,25)17-10-6-4-7-11-17)15-21(19)30(26,27)18-12-8-5-9-13-18/h3-15H,1H2,2H3. The molecule has 0 aromatic heterocycles. The Morgan fingerprint density at radius 1 is 0.800 bits per heavy atom. The molecule has 30 heavy (non-hydrogen) atoms. The van der Waals surface area contributed by atoms with Gasteiger partial charge in [-0.25, -0.2) is 21.6 Å². The largest absolute Gasteiger partial charge is 0.422 e. The van der Waals surface area contributed by atoms with Crippen molar-refractivity contribution in [3.8, 4) is 5.75 Å². The van der Waals surface area contributed by atoms with Gasteiger partial charge in [0.05, 0.1) is 14.7 Å². The minimum Gasteiger partial charge on any atom is -0.422 e. The van der Waals surface area contributed by atoms with E-state index in [9.17, 15) is 21.6 Å². The highest BCUT2D eigenvalue weighted by Crippen LogP contribution is 2.35. The fourth-order valence-electron chi connectivity index (χ4n) is 2.83. The molecule has 8 heteroatoms. The number of esters is 1. The maximum Gasteiger partial charge on any atom is 0.335 e. The van der Waals surface area contributed by atoms with E-state index < -0.39 is 30.5 Å². The highest BCUT2D eigenvalue weighted by Gasteiger charge is 2.29. The van der Waals surface area contributed by atoms with E-state index in [1.54, 1.807) is 24.3 Å². The Hall–Kier alpha value is -3.23. The number of carbonyl (C=O) groups is 1. The van der Waals surface area contributed by atoms with Gasteiger partial charge in [-0.1, -0.05) is 43.0 Å². The average Bonchev–Trinajstić information content (AvgIpc) is 2.74. The molecule has 0 bridgehead atoms. The van der Waals surface area contributed by atoms with E-state index in [1.165, 1.54) is 49.4 Å². The second-order valence-corrected chi connectivity index (χ2v) is 10.2. The number of hydrogen-bond donors (Lipinski definition) is 0. The number of aryl methyl sites for hydroxylation is 1. The van der Waals surface area contributed by atoms with Crippen molar-refractivity contribution < 1.29 is 26.4 Å². The van der Waals surface area contributed by atoms with Gasteiger partial charge >= 0.3 is 5.97 Å². The van der Waals surface area contributed by atoms with Gasteiger partial charge in [0, 0.05) is 6.08 Å². The summed E-state index contributed by atoms with van der Waals surface area (Å²) in [5.41, 5.74) is 0.234. The van der Waals surface area contributed by atoms with Gasteiger partial charge < -0.3 is 4.74 Å². The Kier molecular flexibility index (Phi) is 5.91. The molecule has 154 valence electrons. The van der Waals surface area contributed by atoms with Crippen LogP contribution in [0.15, 0.2) is 105 Å². The molecule has 0 heterocycles. The molecule has 0 amide bonds. The minimum atomic E-state index is -4.18. The Bertz CT molecular complexity index is 1310. The highest BCUT2D eigenvalue weighted by molar-refractivity contribution is 7.92. The summed E-state index contributed by atoms with van der Waals surface area (Å²) in [6, 6.07) is 17.4. The van der Waals surface area contributed by atoms with Gasteiger partial charge in [-0.05, 0) is 48.9 Å². The smallest absolute Gasteiger partial charge is 0.335 e. The van der Waals surface area contributed by atoms with Crippen LogP contribution in [0.1, 0.15) is 5.56 Å². The first-order valence-electron chi connectivity index (χ1n) is 8.77. The average molecular weight is 443 g/mol. The summed E-state index contributed by atoms with van der Waals surface area (Å²) in [6.45, 7) is 4.81. The van der Waals surface area contributed by atoms with Crippen LogP contribution in [-0.4, -0.2) is 22.8 Å². The molecule has 0 spiro atoms. The van der Waals surface area contributed by atoms with Crippen molar-refractivity contribution >= 4 is 25.6 Å². The summed E-state index contributed by atoms with van der Waals surface area (Å²) < 4.78 is 57.9. The molecule has 0 radical (unpaired) electrons. The highest BCUT2D eigenvalue weighted by atomic mass is 32.2. The normalized spacial score (nSPS) is 11.6. The van der Waals surface area contributed by atoms with Crippen LogP contribution < -0.4 is 4.74 Å². The predicted molar refractivity (Wildman–Crippen MR) is 111 cm³/mol. The molecule has 3 aromatic rings. The molecule has 0 N–H and O–H groups in total. The molecular weight excluding hydrogens is 424 g/mol. The summed E-state index contributed by atoms with van der Waals surface area (Å²) in [6.07, 6.45) is 0.892. The van der Waals surface area contributed by atoms with E-state index in [4.69, 9.17) is 4.74 Å². The zero-order valence-electron chi connectivity index (χ0n) is 16.0. The second kappa shape index (κ2) is 8.25. The van der Waals surface area contributed by atoms with Gasteiger partial charge in [0.1, 0.15) is 4.90 Å². The fraction of sp³-hybridized carbons (Fsp3) is 0.0455. The Balaban J connectivity index is 2.30. The molecule has 3 rings (SSSR count). The lowest BCUT2D eigenvalue weighted by Gasteiger charge is -2.15. The number of carbonyl (C=O) groups excluding carboxylic acids is 1. The van der Waals surface area contributed by atoms with Crippen molar-refractivity contribution in [2.45, 2.75) is 26.5 Å². The van der Waals surface area contributed by atoms with Gasteiger partial charge in [0.15, 0.2) is 5.75 Å². The third-order valence-electron chi connectivity index (χ3n) is 4.30. The quantitative estimate of drug-likeness (QED) is 0.328.